The quantitative estimate of drug-likeness (QED) is 0.865. The molecule has 1 aliphatic heterocycles. The number of benzene rings is 1. The summed E-state index contributed by atoms with van der Waals surface area (Å²) < 4.78 is 4.87. The molecule has 16 heavy (non-hydrogen) atoms. The fraction of sp³-hybridized carbons (Fsp3) is 0.417. The summed E-state index contributed by atoms with van der Waals surface area (Å²) in [5.41, 5.74) is 2.40. The van der Waals surface area contributed by atoms with Gasteiger partial charge in [0.15, 0.2) is 0 Å². The molecule has 0 saturated carbocycles. The number of carbonyl (C=O) groups is 1. The fourth-order valence-electron chi connectivity index (χ4n) is 1.70. The van der Waals surface area contributed by atoms with Gasteiger partial charge in [0.25, 0.3) is 0 Å². The predicted octanol–water partition coefficient (Wildman–Crippen LogP) is 3.01. The molecule has 1 aliphatic rings. The maximum absolute atomic E-state index is 10.9. The lowest BCUT2D eigenvalue weighted by atomic mass is 9.98. The van der Waals surface area contributed by atoms with Crippen molar-refractivity contribution in [3.05, 3.63) is 35.4 Å². The SMILES string of the molecule is CC(C)c1cccc([C@H]2COC(=O)N2)c1.Cl. The number of hydrogen-bond donors (Lipinski definition) is 1. The van der Waals surface area contributed by atoms with Crippen molar-refractivity contribution in [3.8, 4) is 0 Å². The Morgan fingerprint density at radius 3 is 2.75 bits per heavy atom. The third-order valence-corrected chi connectivity index (χ3v) is 2.65. The number of hydrogen-bond acceptors (Lipinski definition) is 2. The molecule has 0 spiro atoms. The van der Waals surface area contributed by atoms with E-state index < -0.39 is 0 Å². The van der Waals surface area contributed by atoms with Crippen LogP contribution >= 0.6 is 12.4 Å². The van der Waals surface area contributed by atoms with Gasteiger partial charge in [0.2, 0.25) is 0 Å². The van der Waals surface area contributed by atoms with E-state index in [4.69, 9.17) is 4.74 Å². The average Bonchev–Trinajstić information content (AvgIpc) is 2.65. The van der Waals surface area contributed by atoms with Gasteiger partial charge in [0.05, 0.1) is 6.04 Å². The van der Waals surface area contributed by atoms with Crippen molar-refractivity contribution in [1.29, 1.82) is 0 Å². The summed E-state index contributed by atoms with van der Waals surface area (Å²) in [5, 5.41) is 2.78. The molecule has 1 atom stereocenters. The number of ether oxygens (including phenoxy) is 1. The molecule has 1 fully saturated rings. The van der Waals surface area contributed by atoms with E-state index in [9.17, 15) is 4.79 Å². The van der Waals surface area contributed by atoms with Crippen LogP contribution in [0.3, 0.4) is 0 Å². The zero-order valence-corrected chi connectivity index (χ0v) is 10.2. The van der Waals surface area contributed by atoms with E-state index in [1.807, 2.05) is 12.1 Å². The van der Waals surface area contributed by atoms with Gasteiger partial charge in [-0.25, -0.2) is 4.79 Å². The van der Waals surface area contributed by atoms with Gasteiger partial charge in [-0.05, 0) is 17.0 Å². The molecule has 0 aromatic heterocycles. The summed E-state index contributed by atoms with van der Waals surface area (Å²) in [6.07, 6.45) is -0.324. The first kappa shape index (κ1) is 12.8. The summed E-state index contributed by atoms with van der Waals surface area (Å²) in [6, 6.07) is 8.28. The molecular formula is C12H16ClNO2. The first-order valence-electron chi connectivity index (χ1n) is 5.20. The summed E-state index contributed by atoms with van der Waals surface area (Å²) in [4.78, 5) is 10.9. The van der Waals surface area contributed by atoms with Crippen molar-refractivity contribution in [2.45, 2.75) is 25.8 Å². The topological polar surface area (TPSA) is 38.3 Å². The third kappa shape index (κ3) is 2.67. The lowest BCUT2D eigenvalue weighted by Gasteiger charge is -2.11. The van der Waals surface area contributed by atoms with Crippen molar-refractivity contribution in [2.75, 3.05) is 6.61 Å². The van der Waals surface area contributed by atoms with Crippen LogP contribution in [0.2, 0.25) is 0 Å². The first-order chi connectivity index (χ1) is 7.16. The number of cyclic esters (lactones) is 1. The van der Waals surface area contributed by atoms with Crippen molar-refractivity contribution >= 4 is 18.5 Å². The smallest absolute Gasteiger partial charge is 0.407 e. The highest BCUT2D eigenvalue weighted by Crippen LogP contribution is 2.22. The number of carbonyl (C=O) groups excluding carboxylic acids is 1. The van der Waals surface area contributed by atoms with Crippen molar-refractivity contribution in [3.63, 3.8) is 0 Å². The number of rotatable bonds is 2. The van der Waals surface area contributed by atoms with Crippen LogP contribution in [0.15, 0.2) is 24.3 Å². The lowest BCUT2D eigenvalue weighted by molar-refractivity contribution is 0.177. The fourth-order valence-corrected chi connectivity index (χ4v) is 1.70. The minimum Gasteiger partial charge on any atom is -0.447 e. The second kappa shape index (κ2) is 5.21. The summed E-state index contributed by atoms with van der Waals surface area (Å²) in [6.45, 7) is 4.74. The highest BCUT2D eigenvalue weighted by molar-refractivity contribution is 5.85. The van der Waals surface area contributed by atoms with Gasteiger partial charge >= 0.3 is 6.09 Å². The predicted molar refractivity (Wildman–Crippen MR) is 65.0 cm³/mol. The Labute approximate surface area is 102 Å². The zero-order valence-electron chi connectivity index (χ0n) is 9.40. The van der Waals surface area contributed by atoms with Crippen LogP contribution in [0, 0.1) is 0 Å². The number of halogens is 1. The molecule has 3 nitrogen and oxygen atoms in total. The Morgan fingerprint density at radius 1 is 1.44 bits per heavy atom. The molecule has 1 N–H and O–H groups in total. The molecule has 4 heteroatoms. The van der Waals surface area contributed by atoms with E-state index in [1.54, 1.807) is 0 Å². The van der Waals surface area contributed by atoms with Crippen LogP contribution < -0.4 is 5.32 Å². The lowest BCUT2D eigenvalue weighted by Crippen LogP contribution is -2.18. The molecule has 88 valence electrons. The van der Waals surface area contributed by atoms with E-state index in [0.717, 1.165) is 5.56 Å². The maximum Gasteiger partial charge on any atom is 0.407 e. The van der Waals surface area contributed by atoms with Gasteiger partial charge in [0, 0.05) is 0 Å². The minimum atomic E-state index is -0.324. The van der Waals surface area contributed by atoms with Gasteiger partial charge < -0.3 is 10.1 Å². The Bertz CT molecular complexity index is 379. The first-order valence-corrected chi connectivity index (χ1v) is 5.20. The second-order valence-electron chi connectivity index (χ2n) is 4.12. The normalized spacial score (nSPS) is 18.9. The maximum atomic E-state index is 10.9. The summed E-state index contributed by atoms with van der Waals surface area (Å²) in [7, 11) is 0. The molecule has 1 saturated heterocycles. The Kier molecular flexibility index (Phi) is 4.19. The van der Waals surface area contributed by atoms with E-state index in [0.29, 0.717) is 12.5 Å². The van der Waals surface area contributed by atoms with E-state index >= 15 is 0 Å². The van der Waals surface area contributed by atoms with Crippen LogP contribution in [0.5, 0.6) is 0 Å². The van der Waals surface area contributed by atoms with Crippen LogP contribution in [-0.4, -0.2) is 12.7 Å². The largest absolute Gasteiger partial charge is 0.447 e. The van der Waals surface area contributed by atoms with Gasteiger partial charge in [0.1, 0.15) is 6.61 Å². The van der Waals surface area contributed by atoms with E-state index in [-0.39, 0.29) is 24.5 Å². The number of nitrogens with one attached hydrogen (secondary N) is 1. The Morgan fingerprint density at radius 2 is 2.19 bits per heavy atom. The monoisotopic (exact) mass is 241 g/mol. The molecular weight excluding hydrogens is 226 g/mol. The molecule has 1 heterocycles. The number of alkyl carbamates (subject to hydrolysis) is 1. The van der Waals surface area contributed by atoms with Gasteiger partial charge in [-0.1, -0.05) is 38.1 Å². The van der Waals surface area contributed by atoms with Gasteiger partial charge in [-0.2, -0.15) is 0 Å². The van der Waals surface area contributed by atoms with Crippen LogP contribution in [0.4, 0.5) is 4.79 Å². The standard InChI is InChI=1S/C12H15NO2.ClH/c1-8(2)9-4-3-5-10(6-9)11-7-15-12(14)13-11;/h3-6,8,11H,7H2,1-2H3,(H,13,14);1H/t11-;/m1./s1. The third-order valence-electron chi connectivity index (χ3n) is 2.65. The van der Waals surface area contributed by atoms with Crippen LogP contribution in [0.25, 0.3) is 0 Å². The highest BCUT2D eigenvalue weighted by atomic mass is 35.5. The van der Waals surface area contributed by atoms with Crippen LogP contribution in [-0.2, 0) is 4.74 Å². The molecule has 0 bridgehead atoms. The van der Waals surface area contributed by atoms with E-state index in [2.05, 4.69) is 31.3 Å². The van der Waals surface area contributed by atoms with Crippen LogP contribution in [0.1, 0.15) is 36.9 Å². The molecule has 0 unspecified atom stereocenters. The molecule has 0 radical (unpaired) electrons. The minimum absolute atomic E-state index is 0. The Hall–Kier alpha value is -1.22. The van der Waals surface area contributed by atoms with Crippen molar-refractivity contribution < 1.29 is 9.53 Å². The highest BCUT2D eigenvalue weighted by Gasteiger charge is 2.23. The van der Waals surface area contributed by atoms with Gasteiger partial charge in [-0.3, -0.25) is 0 Å². The average molecular weight is 242 g/mol. The van der Waals surface area contributed by atoms with E-state index in [1.165, 1.54) is 5.56 Å². The van der Waals surface area contributed by atoms with Crippen molar-refractivity contribution in [1.82, 2.24) is 5.32 Å². The van der Waals surface area contributed by atoms with Gasteiger partial charge in [-0.15, -0.1) is 12.4 Å². The second-order valence-corrected chi connectivity index (χ2v) is 4.12. The molecule has 2 rings (SSSR count). The molecule has 1 amide bonds. The number of amides is 1. The Balaban J connectivity index is 0.00000128. The molecule has 0 aliphatic carbocycles. The summed E-state index contributed by atoms with van der Waals surface area (Å²) in [5.74, 6) is 0.503. The zero-order chi connectivity index (χ0) is 10.8. The summed E-state index contributed by atoms with van der Waals surface area (Å²) >= 11 is 0. The van der Waals surface area contributed by atoms with Crippen molar-refractivity contribution in [2.24, 2.45) is 0 Å². The molecule has 1 aromatic rings. The molecule has 1 aromatic carbocycles.